The van der Waals surface area contributed by atoms with E-state index >= 15 is 0 Å². The number of rotatable bonds is 4. The highest BCUT2D eigenvalue weighted by Crippen LogP contribution is 2.50. The van der Waals surface area contributed by atoms with E-state index in [2.05, 4.69) is 15.3 Å². The summed E-state index contributed by atoms with van der Waals surface area (Å²) in [5.74, 6) is -1.72. The van der Waals surface area contributed by atoms with Crippen LogP contribution >= 0.6 is 11.6 Å². The number of nitrogens with one attached hydrogen (secondary N) is 1. The van der Waals surface area contributed by atoms with Crippen molar-refractivity contribution in [3.63, 3.8) is 0 Å². The molecular weight excluding hydrogens is 430 g/mol. The van der Waals surface area contributed by atoms with Crippen LogP contribution in [0, 0.1) is 11.4 Å². The molecule has 2 N–H and O–H groups in total. The largest absolute Gasteiger partial charge is 0.416 e. The number of aliphatic hydroxyl groups excluding tert-OH is 1. The third-order valence-electron chi connectivity index (χ3n) is 5.53. The molecule has 0 radical (unpaired) electrons. The van der Waals surface area contributed by atoms with Gasteiger partial charge < -0.3 is 15.2 Å². The Morgan fingerprint density at radius 1 is 1.37 bits per heavy atom. The molecule has 2 fully saturated rings. The smallest absolute Gasteiger partial charge is 0.390 e. The quantitative estimate of drug-likeness (QED) is 0.557. The summed E-state index contributed by atoms with van der Waals surface area (Å²) in [7, 11) is 0. The molecule has 0 aliphatic carbocycles. The second kappa shape index (κ2) is 7.44. The minimum absolute atomic E-state index is 0.0544. The summed E-state index contributed by atoms with van der Waals surface area (Å²) in [6.07, 6.45) is -5.07. The van der Waals surface area contributed by atoms with Crippen molar-refractivity contribution >= 4 is 23.3 Å². The molecule has 4 rings (SSSR count). The molecule has 1 amide bonds. The number of fused-ring (bicyclic) bond motifs is 2. The van der Waals surface area contributed by atoms with E-state index in [4.69, 9.17) is 16.3 Å². The van der Waals surface area contributed by atoms with E-state index in [-0.39, 0.29) is 25.1 Å². The third kappa shape index (κ3) is 3.86. The van der Waals surface area contributed by atoms with E-state index in [0.717, 1.165) is 0 Å². The number of alkyl halides is 3. The Labute approximate surface area is 173 Å². The summed E-state index contributed by atoms with van der Waals surface area (Å²) in [4.78, 5) is 20.5. The highest BCUT2D eigenvalue weighted by molar-refractivity contribution is 6.29. The van der Waals surface area contributed by atoms with Gasteiger partial charge in [0.15, 0.2) is 0 Å². The van der Waals surface area contributed by atoms with Crippen molar-refractivity contribution in [3.8, 4) is 0 Å². The molecular formula is C19H16ClF4N3O3. The van der Waals surface area contributed by atoms with Gasteiger partial charge in [0.2, 0.25) is 11.9 Å². The molecule has 4 atom stereocenters. The molecule has 2 aliphatic rings. The fraction of sp³-hybridized carbons (Fsp3) is 0.421. The van der Waals surface area contributed by atoms with Gasteiger partial charge in [-0.25, -0.2) is 9.97 Å². The summed E-state index contributed by atoms with van der Waals surface area (Å²) < 4.78 is 58.5. The van der Waals surface area contributed by atoms with Gasteiger partial charge in [-0.1, -0.05) is 11.6 Å². The monoisotopic (exact) mass is 445 g/mol. The van der Waals surface area contributed by atoms with Crippen LogP contribution in [0.5, 0.6) is 0 Å². The van der Waals surface area contributed by atoms with Crippen molar-refractivity contribution in [2.24, 2.45) is 5.41 Å². The Morgan fingerprint density at radius 2 is 2.13 bits per heavy atom. The van der Waals surface area contributed by atoms with Crippen molar-refractivity contribution in [1.82, 2.24) is 9.97 Å². The van der Waals surface area contributed by atoms with Crippen LogP contribution in [0.25, 0.3) is 0 Å². The van der Waals surface area contributed by atoms with Crippen LogP contribution in [0.4, 0.5) is 23.4 Å². The van der Waals surface area contributed by atoms with Gasteiger partial charge in [-0.3, -0.25) is 4.79 Å². The van der Waals surface area contributed by atoms with E-state index in [9.17, 15) is 27.5 Å². The lowest BCUT2D eigenvalue weighted by molar-refractivity contribution is -0.137. The van der Waals surface area contributed by atoms with Crippen molar-refractivity contribution < 1.29 is 32.2 Å². The lowest BCUT2D eigenvalue weighted by Gasteiger charge is -2.35. The molecule has 30 heavy (non-hydrogen) atoms. The summed E-state index contributed by atoms with van der Waals surface area (Å²) in [6, 6.07) is 4.06. The molecule has 2 aliphatic heterocycles. The van der Waals surface area contributed by atoms with Crippen molar-refractivity contribution in [2.45, 2.75) is 43.8 Å². The molecule has 2 aromatic heterocycles. The number of halogens is 5. The number of carbonyl (C=O) groups excluding carboxylic acids is 1. The zero-order chi connectivity index (χ0) is 21.7. The average Bonchev–Trinajstić information content (AvgIpc) is 3.18. The summed E-state index contributed by atoms with van der Waals surface area (Å²) in [6.45, 7) is 0. The Hall–Kier alpha value is -2.30. The van der Waals surface area contributed by atoms with E-state index in [1.165, 1.54) is 12.3 Å². The van der Waals surface area contributed by atoms with E-state index in [0.29, 0.717) is 17.7 Å². The fourth-order valence-electron chi connectivity index (χ4n) is 4.15. The number of carbonyl (C=O) groups is 1. The van der Waals surface area contributed by atoms with Gasteiger partial charge in [-0.15, -0.1) is 0 Å². The number of pyridine rings is 2. The molecule has 2 bridgehead atoms. The standard InChI is InChI=1S/C19H16ClF4N3O3/c20-14-4-10(19(22,23)24)5-16(26-14)27-17(29)18(7-9-1-2-25-15(21)3-9)8-12-11(28)6-13(18)30-12/h1-5,11-13,28H,6-8H2,(H,26,27,29)/t11-,12+,13+,18-/m0/s1. The van der Waals surface area contributed by atoms with Gasteiger partial charge in [-0.2, -0.15) is 17.6 Å². The van der Waals surface area contributed by atoms with Crippen molar-refractivity contribution in [1.29, 1.82) is 0 Å². The molecule has 11 heteroatoms. The molecule has 0 aromatic carbocycles. The number of anilines is 1. The number of aromatic nitrogens is 2. The molecule has 2 aromatic rings. The Kier molecular flexibility index (Phi) is 5.19. The number of hydrogen-bond donors (Lipinski definition) is 2. The van der Waals surface area contributed by atoms with Crippen LogP contribution in [0.3, 0.4) is 0 Å². The molecule has 0 spiro atoms. The van der Waals surface area contributed by atoms with Gasteiger partial charge in [0.05, 0.1) is 29.3 Å². The first-order valence-electron chi connectivity index (χ1n) is 9.07. The summed E-state index contributed by atoms with van der Waals surface area (Å²) in [5, 5.41) is 12.0. The van der Waals surface area contributed by atoms with E-state index < -0.39 is 52.5 Å². The van der Waals surface area contributed by atoms with E-state index in [1.807, 2.05) is 0 Å². The number of nitrogens with zero attached hydrogens (tertiary/aromatic N) is 2. The van der Waals surface area contributed by atoms with Crippen LogP contribution in [-0.4, -0.2) is 39.3 Å². The zero-order valence-corrected chi connectivity index (χ0v) is 16.0. The Morgan fingerprint density at radius 3 is 2.73 bits per heavy atom. The Bertz CT molecular complexity index is 988. The maximum absolute atomic E-state index is 13.6. The predicted molar refractivity (Wildman–Crippen MR) is 97.1 cm³/mol. The maximum atomic E-state index is 13.6. The molecule has 0 saturated carbocycles. The number of aliphatic hydroxyl groups is 1. The molecule has 6 nitrogen and oxygen atoms in total. The highest BCUT2D eigenvalue weighted by Gasteiger charge is 2.60. The zero-order valence-electron chi connectivity index (χ0n) is 15.3. The van der Waals surface area contributed by atoms with Crippen molar-refractivity contribution in [2.75, 3.05) is 5.32 Å². The highest BCUT2D eigenvalue weighted by atomic mass is 35.5. The topological polar surface area (TPSA) is 84.3 Å². The first kappa shape index (κ1) is 21.0. The average molecular weight is 446 g/mol. The first-order chi connectivity index (χ1) is 14.1. The van der Waals surface area contributed by atoms with Gasteiger partial charge in [0.1, 0.15) is 11.0 Å². The minimum Gasteiger partial charge on any atom is -0.390 e. The second-order valence-electron chi connectivity index (χ2n) is 7.51. The number of hydrogen-bond acceptors (Lipinski definition) is 5. The summed E-state index contributed by atoms with van der Waals surface area (Å²) in [5.41, 5.74) is -1.80. The fourth-order valence-corrected chi connectivity index (χ4v) is 4.35. The second-order valence-corrected chi connectivity index (χ2v) is 7.89. The van der Waals surface area contributed by atoms with Crippen LogP contribution in [0.1, 0.15) is 24.0 Å². The van der Waals surface area contributed by atoms with Crippen LogP contribution in [-0.2, 0) is 22.1 Å². The minimum atomic E-state index is -4.67. The third-order valence-corrected chi connectivity index (χ3v) is 5.72. The molecule has 2 saturated heterocycles. The van der Waals surface area contributed by atoms with E-state index in [1.54, 1.807) is 6.07 Å². The Balaban J connectivity index is 1.65. The van der Waals surface area contributed by atoms with Gasteiger partial charge >= 0.3 is 6.18 Å². The maximum Gasteiger partial charge on any atom is 0.416 e. The SMILES string of the molecule is O=C(Nc1cc(C(F)(F)F)cc(Cl)n1)[C@@]1(Cc2ccnc(F)c2)C[C@H]2O[C@@H]1C[C@@H]2O. The predicted octanol–water partition coefficient (Wildman–Crippen LogP) is 3.38. The van der Waals surface area contributed by atoms with Gasteiger partial charge in [0, 0.05) is 12.6 Å². The van der Waals surface area contributed by atoms with Gasteiger partial charge in [-0.05, 0) is 42.7 Å². The molecule has 4 heterocycles. The van der Waals surface area contributed by atoms with Gasteiger partial charge in [0.25, 0.3) is 0 Å². The number of amides is 1. The first-order valence-corrected chi connectivity index (χ1v) is 9.45. The van der Waals surface area contributed by atoms with Crippen molar-refractivity contribution in [3.05, 3.63) is 52.7 Å². The lowest BCUT2D eigenvalue weighted by atomic mass is 9.68. The van der Waals surface area contributed by atoms with Crippen LogP contribution in [0.15, 0.2) is 30.5 Å². The summed E-state index contributed by atoms with van der Waals surface area (Å²) >= 11 is 5.69. The number of ether oxygens (including phenoxy) is 1. The van der Waals surface area contributed by atoms with Crippen LogP contribution < -0.4 is 5.32 Å². The van der Waals surface area contributed by atoms with Crippen LogP contribution in [0.2, 0.25) is 5.15 Å². The normalized spacial score (nSPS) is 28.0. The molecule has 160 valence electrons. The lowest BCUT2D eigenvalue weighted by Crippen LogP contribution is -2.48. The molecule has 0 unspecified atom stereocenters.